The van der Waals surface area contributed by atoms with Crippen molar-refractivity contribution in [2.24, 2.45) is 0 Å². The normalized spacial score (nSPS) is 17.9. The van der Waals surface area contributed by atoms with Gasteiger partial charge >= 0.3 is 0 Å². The quantitative estimate of drug-likeness (QED) is 0.835. The summed E-state index contributed by atoms with van der Waals surface area (Å²) in [6.07, 6.45) is 2.41. The van der Waals surface area contributed by atoms with Gasteiger partial charge in [-0.2, -0.15) is 11.8 Å². The molecule has 82 valence electrons. The molecule has 0 radical (unpaired) electrons. The second kappa shape index (κ2) is 5.92. The maximum Gasteiger partial charge on any atom is 0.0476 e. The lowest BCUT2D eigenvalue weighted by Gasteiger charge is -2.21. The van der Waals surface area contributed by atoms with Crippen LogP contribution in [0, 0.1) is 0 Å². The van der Waals surface area contributed by atoms with Crippen molar-refractivity contribution in [1.82, 2.24) is 0 Å². The van der Waals surface area contributed by atoms with Crippen LogP contribution in [0.5, 0.6) is 0 Å². The first-order valence-electron chi connectivity index (χ1n) is 5.28. The van der Waals surface area contributed by atoms with Crippen LogP contribution in [-0.2, 0) is 10.5 Å². The molecule has 1 heterocycles. The van der Waals surface area contributed by atoms with Crippen LogP contribution in [0.4, 0.5) is 0 Å². The fraction of sp³-hybridized carbons (Fsp3) is 0.500. The predicted octanol–water partition coefficient (Wildman–Crippen LogP) is 3.86. The van der Waals surface area contributed by atoms with Crippen molar-refractivity contribution in [2.75, 3.05) is 13.2 Å². The Kier molecular flexibility index (Phi) is 4.54. The van der Waals surface area contributed by atoms with Crippen molar-refractivity contribution in [3.8, 4) is 0 Å². The summed E-state index contributed by atoms with van der Waals surface area (Å²) in [6.45, 7) is 1.88. The number of hydrogen-bond acceptors (Lipinski definition) is 2. The molecular formula is C12H15BrOS. The lowest BCUT2D eigenvalue weighted by molar-refractivity contribution is 0.1000. The molecule has 0 aliphatic carbocycles. The summed E-state index contributed by atoms with van der Waals surface area (Å²) in [7, 11) is 0. The van der Waals surface area contributed by atoms with Gasteiger partial charge in [-0.05, 0) is 30.5 Å². The predicted molar refractivity (Wildman–Crippen MR) is 69.3 cm³/mol. The molecular weight excluding hydrogens is 272 g/mol. The average Bonchev–Trinajstić information content (AvgIpc) is 2.28. The van der Waals surface area contributed by atoms with Gasteiger partial charge < -0.3 is 4.74 Å². The number of benzene rings is 1. The second-order valence-corrected chi connectivity index (χ2v) is 5.96. The highest BCUT2D eigenvalue weighted by molar-refractivity contribution is 9.10. The molecule has 0 atom stereocenters. The Morgan fingerprint density at radius 1 is 1.33 bits per heavy atom. The van der Waals surface area contributed by atoms with Crippen molar-refractivity contribution < 1.29 is 4.74 Å². The van der Waals surface area contributed by atoms with E-state index in [1.54, 1.807) is 0 Å². The number of halogens is 1. The minimum atomic E-state index is 0.790. The maximum atomic E-state index is 5.35. The molecule has 2 rings (SSSR count). The first kappa shape index (κ1) is 11.5. The molecule has 3 heteroatoms. The fourth-order valence-electron chi connectivity index (χ4n) is 1.68. The molecule has 1 aromatic carbocycles. The summed E-state index contributed by atoms with van der Waals surface area (Å²) < 4.78 is 6.52. The summed E-state index contributed by atoms with van der Waals surface area (Å²) in [5.74, 6) is 1.12. The molecule has 0 amide bonds. The molecule has 0 aromatic heterocycles. The first-order valence-corrected chi connectivity index (χ1v) is 7.12. The van der Waals surface area contributed by atoms with Gasteiger partial charge in [0.1, 0.15) is 0 Å². The molecule has 0 bridgehead atoms. The average molecular weight is 287 g/mol. The lowest BCUT2D eigenvalue weighted by Crippen LogP contribution is -2.17. The smallest absolute Gasteiger partial charge is 0.0476 e. The molecule has 0 unspecified atom stereocenters. The van der Waals surface area contributed by atoms with Crippen LogP contribution in [0.2, 0.25) is 0 Å². The van der Waals surface area contributed by atoms with Crippen molar-refractivity contribution in [2.45, 2.75) is 23.8 Å². The number of rotatable bonds is 3. The zero-order valence-corrected chi connectivity index (χ0v) is 11.0. The molecule has 0 N–H and O–H groups in total. The van der Waals surface area contributed by atoms with E-state index in [4.69, 9.17) is 4.74 Å². The highest BCUT2D eigenvalue weighted by Gasteiger charge is 2.13. The maximum absolute atomic E-state index is 5.35. The van der Waals surface area contributed by atoms with Gasteiger partial charge in [0.05, 0.1) is 0 Å². The minimum Gasteiger partial charge on any atom is -0.381 e. The third kappa shape index (κ3) is 3.82. The molecule has 1 aliphatic rings. The highest BCUT2D eigenvalue weighted by Crippen LogP contribution is 2.26. The van der Waals surface area contributed by atoms with Gasteiger partial charge in [0, 0.05) is 28.7 Å². The molecule has 1 aromatic rings. The van der Waals surface area contributed by atoms with E-state index < -0.39 is 0 Å². The van der Waals surface area contributed by atoms with Crippen molar-refractivity contribution in [1.29, 1.82) is 0 Å². The Labute approximate surface area is 104 Å². The van der Waals surface area contributed by atoms with Crippen LogP contribution in [0.25, 0.3) is 0 Å². The third-order valence-electron chi connectivity index (χ3n) is 2.54. The summed E-state index contributed by atoms with van der Waals surface area (Å²) in [5, 5.41) is 0.790. The van der Waals surface area contributed by atoms with Gasteiger partial charge in [-0.25, -0.2) is 0 Å². The van der Waals surface area contributed by atoms with Crippen LogP contribution in [-0.4, -0.2) is 18.5 Å². The van der Waals surface area contributed by atoms with Crippen molar-refractivity contribution >= 4 is 27.7 Å². The Bertz CT molecular complexity index is 310. The van der Waals surface area contributed by atoms with Gasteiger partial charge in [0.15, 0.2) is 0 Å². The van der Waals surface area contributed by atoms with E-state index >= 15 is 0 Å². The highest BCUT2D eigenvalue weighted by atomic mass is 79.9. The van der Waals surface area contributed by atoms with E-state index in [2.05, 4.69) is 52.0 Å². The summed E-state index contributed by atoms with van der Waals surface area (Å²) in [6, 6.07) is 8.57. The molecule has 1 fully saturated rings. The fourth-order valence-corrected chi connectivity index (χ4v) is 3.26. The topological polar surface area (TPSA) is 9.23 Å². The molecule has 0 saturated carbocycles. The standard InChI is InChI=1S/C12H15BrOS/c13-11-3-1-2-10(8-11)9-15-12-4-6-14-7-5-12/h1-3,8,12H,4-7,9H2. The third-order valence-corrected chi connectivity index (χ3v) is 4.48. The van der Waals surface area contributed by atoms with E-state index in [0.29, 0.717) is 0 Å². The lowest BCUT2D eigenvalue weighted by atomic mass is 10.2. The van der Waals surface area contributed by atoms with Crippen LogP contribution in [0.15, 0.2) is 28.7 Å². The minimum absolute atomic E-state index is 0.790. The summed E-state index contributed by atoms with van der Waals surface area (Å²) in [5.41, 5.74) is 1.40. The van der Waals surface area contributed by atoms with Crippen molar-refractivity contribution in [3.05, 3.63) is 34.3 Å². The van der Waals surface area contributed by atoms with E-state index in [1.807, 2.05) is 0 Å². The summed E-state index contributed by atoms with van der Waals surface area (Å²) >= 11 is 5.56. The van der Waals surface area contributed by atoms with Crippen LogP contribution in [0.3, 0.4) is 0 Å². The van der Waals surface area contributed by atoms with Crippen LogP contribution in [0.1, 0.15) is 18.4 Å². The van der Waals surface area contributed by atoms with Crippen LogP contribution >= 0.6 is 27.7 Å². The zero-order chi connectivity index (χ0) is 10.5. The van der Waals surface area contributed by atoms with Gasteiger partial charge in [0.2, 0.25) is 0 Å². The monoisotopic (exact) mass is 286 g/mol. The van der Waals surface area contributed by atoms with Gasteiger partial charge in [-0.1, -0.05) is 28.1 Å². The Balaban J connectivity index is 1.81. The van der Waals surface area contributed by atoms with Gasteiger partial charge in [0.25, 0.3) is 0 Å². The number of ether oxygens (including phenoxy) is 1. The Morgan fingerprint density at radius 2 is 2.13 bits per heavy atom. The molecule has 1 aliphatic heterocycles. The van der Waals surface area contributed by atoms with Crippen molar-refractivity contribution in [3.63, 3.8) is 0 Å². The van der Waals surface area contributed by atoms with Crippen LogP contribution < -0.4 is 0 Å². The first-order chi connectivity index (χ1) is 7.34. The van der Waals surface area contributed by atoms with Gasteiger partial charge in [-0.3, -0.25) is 0 Å². The SMILES string of the molecule is Brc1cccc(CSC2CCOCC2)c1. The van der Waals surface area contributed by atoms with E-state index in [-0.39, 0.29) is 0 Å². The second-order valence-electron chi connectivity index (χ2n) is 3.75. The van der Waals surface area contributed by atoms with Gasteiger partial charge in [-0.15, -0.1) is 0 Å². The number of thioether (sulfide) groups is 1. The molecule has 1 saturated heterocycles. The molecule has 1 nitrogen and oxygen atoms in total. The Hall–Kier alpha value is 0.01000. The van der Waals surface area contributed by atoms with E-state index in [1.165, 1.54) is 22.9 Å². The van der Waals surface area contributed by atoms with E-state index in [0.717, 1.165) is 24.2 Å². The largest absolute Gasteiger partial charge is 0.381 e. The van der Waals surface area contributed by atoms with E-state index in [9.17, 15) is 0 Å². The Morgan fingerprint density at radius 3 is 2.87 bits per heavy atom. The molecule has 15 heavy (non-hydrogen) atoms. The molecule has 0 spiro atoms. The summed E-state index contributed by atoms with van der Waals surface area (Å²) in [4.78, 5) is 0. The number of hydrogen-bond donors (Lipinski definition) is 0. The zero-order valence-electron chi connectivity index (χ0n) is 8.62.